The summed E-state index contributed by atoms with van der Waals surface area (Å²) in [5.74, 6) is 0.279. The van der Waals surface area contributed by atoms with Gasteiger partial charge in [-0.2, -0.15) is 0 Å². The molecule has 3 rings (SSSR count). The Morgan fingerprint density at radius 2 is 1.64 bits per heavy atom. The third kappa shape index (κ3) is 7.67. The van der Waals surface area contributed by atoms with Crippen LogP contribution in [-0.4, -0.2) is 40.5 Å². The van der Waals surface area contributed by atoms with E-state index >= 15 is 0 Å². The van der Waals surface area contributed by atoms with E-state index in [-0.39, 0.29) is 16.4 Å². The molecule has 33 heavy (non-hydrogen) atoms. The lowest BCUT2D eigenvalue weighted by molar-refractivity contribution is -0.126. The average molecular weight is 493 g/mol. The summed E-state index contributed by atoms with van der Waals surface area (Å²) in [6, 6.07) is 6.70. The number of nitrogens with one attached hydrogen (secondary N) is 1. The average Bonchev–Trinajstić information content (AvgIpc) is 3.44. The Morgan fingerprint density at radius 3 is 2.30 bits per heavy atom. The Morgan fingerprint density at radius 1 is 1.00 bits per heavy atom. The largest absolute Gasteiger partial charge is 0.462 e. The van der Waals surface area contributed by atoms with E-state index in [2.05, 4.69) is 12.3 Å². The number of carbonyl (C=O) groups excluding carboxylic acids is 3. The van der Waals surface area contributed by atoms with Crippen LogP contribution in [0, 0.1) is 5.92 Å². The molecule has 0 aliphatic carbocycles. The molecule has 0 radical (unpaired) electrons. The lowest BCUT2D eigenvalue weighted by atomic mass is 10.1. The van der Waals surface area contributed by atoms with Crippen LogP contribution in [0.5, 0.6) is 0 Å². The number of benzene rings is 1. The first-order valence-corrected chi connectivity index (χ1v) is 14.4. The van der Waals surface area contributed by atoms with Gasteiger partial charge >= 0.3 is 5.97 Å². The van der Waals surface area contributed by atoms with Crippen molar-refractivity contribution in [2.24, 2.45) is 5.92 Å². The molecule has 1 atom stereocenters. The number of hydrogen-bond donors (Lipinski definition) is 1. The van der Waals surface area contributed by atoms with Crippen molar-refractivity contribution in [2.45, 2.75) is 75.7 Å². The Balaban J connectivity index is 1.38. The molecule has 6 nitrogen and oxygen atoms in total. The first kappa shape index (κ1) is 25.9. The number of esters is 1. The first-order chi connectivity index (χ1) is 16.1. The third-order valence-electron chi connectivity index (χ3n) is 5.98. The molecule has 2 aliphatic heterocycles. The second-order valence-corrected chi connectivity index (χ2v) is 11.4. The maximum absolute atomic E-state index is 12.9. The van der Waals surface area contributed by atoms with Gasteiger partial charge in [0.1, 0.15) is 5.92 Å². The van der Waals surface area contributed by atoms with E-state index < -0.39 is 11.9 Å². The Labute approximate surface area is 205 Å². The standard InChI is InChI=1S/C25H36N2O4S2/c1-2-3-4-5-6-7-8-9-10-11-15-31-24(30)19-13-12-14-20(18-19)27-23(29)21(22(28)26-27)25-32-16-17-33-25/h12-14,18,21,25H,2-11,15-17H2,1H3,(H,26,28). The van der Waals surface area contributed by atoms with Gasteiger partial charge in [0, 0.05) is 11.5 Å². The SMILES string of the molecule is CCCCCCCCCCCCOC(=O)c1cccc(N2NC(=O)C(C3SCCS3)C2=O)c1. The quantitative estimate of drug-likeness (QED) is 0.208. The molecule has 0 spiro atoms. The molecule has 0 bridgehead atoms. The molecule has 0 saturated carbocycles. The lowest BCUT2D eigenvalue weighted by Gasteiger charge is -2.17. The van der Waals surface area contributed by atoms with E-state index in [1.54, 1.807) is 47.8 Å². The fourth-order valence-corrected chi connectivity index (χ4v) is 7.16. The van der Waals surface area contributed by atoms with Crippen LogP contribution in [0.1, 0.15) is 81.5 Å². The molecule has 8 heteroatoms. The van der Waals surface area contributed by atoms with E-state index in [0.717, 1.165) is 24.3 Å². The summed E-state index contributed by atoms with van der Waals surface area (Å²) in [7, 11) is 0. The highest BCUT2D eigenvalue weighted by molar-refractivity contribution is 8.20. The molecular formula is C25H36N2O4S2. The van der Waals surface area contributed by atoms with Crippen LogP contribution in [0.2, 0.25) is 0 Å². The van der Waals surface area contributed by atoms with Crippen LogP contribution in [0.25, 0.3) is 0 Å². The van der Waals surface area contributed by atoms with Gasteiger partial charge in [0.15, 0.2) is 0 Å². The summed E-state index contributed by atoms with van der Waals surface area (Å²) in [4.78, 5) is 37.8. The van der Waals surface area contributed by atoms with Crippen LogP contribution in [0.4, 0.5) is 5.69 Å². The van der Waals surface area contributed by atoms with Crippen molar-refractivity contribution >= 4 is 47.0 Å². The van der Waals surface area contributed by atoms with Crippen molar-refractivity contribution in [3.05, 3.63) is 29.8 Å². The van der Waals surface area contributed by atoms with E-state index in [4.69, 9.17) is 4.74 Å². The summed E-state index contributed by atoms with van der Waals surface area (Å²) < 4.78 is 5.39. The van der Waals surface area contributed by atoms with Crippen molar-refractivity contribution in [2.75, 3.05) is 23.1 Å². The fraction of sp³-hybridized carbons (Fsp3) is 0.640. The van der Waals surface area contributed by atoms with Gasteiger partial charge in [0.25, 0.3) is 11.8 Å². The number of hydrogen-bond acceptors (Lipinski definition) is 6. The fourth-order valence-electron chi connectivity index (χ4n) is 4.10. The summed E-state index contributed by atoms with van der Waals surface area (Å²) in [6.07, 6.45) is 12.3. The summed E-state index contributed by atoms with van der Waals surface area (Å²) in [5, 5.41) is 1.27. The normalized spacial score (nSPS) is 18.7. The predicted octanol–water partition coefficient (Wildman–Crippen LogP) is 5.56. The Bertz CT molecular complexity index is 798. The minimum atomic E-state index is -0.686. The van der Waals surface area contributed by atoms with Crippen molar-refractivity contribution in [1.82, 2.24) is 5.43 Å². The highest BCUT2D eigenvalue weighted by Crippen LogP contribution is 2.40. The highest BCUT2D eigenvalue weighted by atomic mass is 32.2. The number of carbonyl (C=O) groups is 3. The van der Waals surface area contributed by atoms with Gasteiger partial charge in [-0.15, -0.1) is 23.5 Å². The molecule has 0 aromatic heterocycles. The zero-order chi connectivity index (χ0) is 23.5. The van der Waals surface area contributed by atoms with Gasteiger partial charge in [-0.1, -0.05) is 70.8 Å². The van der Waals surface area contributed by atoms with Crippen molar-refractivity contribution in [3.63, 3.8) is 0 Å². The maximum Gasteiger partial charge on any atom is 0.338 e. The monoisotopic (exact) mass is 492 g/mol. The second kappa shape index (κ2) is 13.9. The number of amides is 2. The molecule has 2 aliphatic rings. The molecule has 2 saturated heterocycles. The summed E-state index contributed by atoms with van der Waals surface area (Å²) >= 11 is 3.31. The number of unbranched alkanes of at least 4 members (excludes halogenated alkanes) is 9. The predicted molar refractivity (Wildman–Crippen MR) is 136 cm³/mol. The molecule has 182 valence electrons. The number of thioether (sulfide) groups is 2. The molecular weight excluding hydrogens is 456 g/mol. The van der Waals surface area contributed by atoms with Gasteiger partial charge in [-0.05, 0) is 24.6 Å². The Kier molecular flexibility index (Phi) is 10.9. The van der Waals surface area contributed by atoms with E-state index in [0.29, 0.717) is 17.9 Å². The van der Waals surface area contributed by atoms with E-state index in [9.17, 15) is 14.4 Å². The topological polar surface area (TPSA) is 75.7 Å². The number of ether oxygens (including phenoxy) is 1. The zero-order valence-electron chi connectivity index (χ0n) is 19.6. The minimum absolute atomic E-state index is 0.0447. The number of anilines is 1. The Hall–Kier alpha value is -1.67. The van der Waals surface area contributed by atoms with E-state index in [1.807, 2.05) is 0 Å². The van der Waals surface area contributed by atoms with Crippen LogP contribution in [0.3, 0.4) is 0 Å². The third-order valence-corrected chi connectivity index (χ3v) is 9.14. The van der Waals surface area contributed by atoms with Crippen molar-refractivity contribution in [3.8, 4) is 0 Å². The van der Waals surface area contributed by atoms with E-state index in [1.165, 1.54) is 56.4 Å². The number of hydrazine groups is 1. The first-order valence-electron chi connectivity index (χ1n) is 12.3. The van der Waals surface area contributed by atoms with Crippen molar-refractivity contribution < 1.29 is 19.1 Å². The molecule has 1 unspecified atom stereocenters. The summed E-state index contributed by atoms with van der Waals surface area (Å²) in [5.41, 5.74) is 3.54. The maximum atomic E-state index is 12.9. The van der Waals surface area contributed by atoms with Crippen molar-refractivity contribution in [1.29, 1.82) is 0 Å². The molecule has 2 amide bonds. The summed E-state index contributed by atoms with van der Waals surface area (Å²) in [6.45, 7) is 2.64. The smallest absolute Gasteiger partial charge is 0.338 e. The zero-order valence-corrected chi connectivity index (χ0v) is 21.2. The van der Waals surface area contributed by atoms with Gasteiger partial charge in [0.2, 0.25) is 0 Å². The second-order valence-electron chi connectivity index (χ2n) is 8.61. The van der Waals surface area contributed by atoms with Gasteiger partial charge < -0.3 is 4.74 Å². The molecule has 2 fully saturated rings. The van der Waals surface area contributed by atoms with Gasteiger partial charge in [0.05, 0.1) is 22.4 Å². The lowest BCUT2D eigenvalue weighted by Crippen LogP contribution is -2.36. The minimum Gasteiger partial charge on any atom is -0.462 e. The van der Waals surface area contributed by atoms with Gasteiger partial charge in [-0.25, -0.2) is 9.80 Å². The number of nitrogens with zero attached hydrogens (tertiary/aromatic N) is 1. The van der Waals surface area contributed by atoms with Crippen LogP contribution >= 0.6 is 23.5 Å². The van der Waals surface area contributed by atoms with Gasteiger partial charge in [-0.3, -0.25) is 15.0 Å². The van der Waals surface area contributed by atoms with Crippen LogP contribution < -0.4 is 10.4 Å². The highest BCUT2D eigenvalue weighted by Gasteiger charge is 2.46. The van der Waals surface area contributed by atoms with Crippen LogP contribution in [0.15, 0.2) is 24.3 Å². The molecule has 1 aromatic carbocycles. The number of rotatable bonds is 14. The van der Waals surface area contributed by atoms with Crippen LogP contribution in [-0.2, 0) is 14.3 Å². The molecule has 1 aromatic rings. The molecule has 1 N–H and O–H groups in total. The molecule has 2 heterocycles.